The van der Waals surface area contributed by atoms with Gasteiger partial charge in [0.2, 0.25) is 5.91 Å². The van der Waals surface area contributed by atoms with Gasteiger partial charge in [0, 0.05) is 18.8 Å². The summed E-state index contributed by atoms with van der Waals surface area (Å²) in [5.74, 6) is 0.456. The molecule has 0 radical (unpaired) electrons. The zero-order chi connectivity index (χ0) is 15.5. The molecule has 1 aromatic carbocycles. The van der Waals surface area contributed by atoms with Crippen LogP contribution in [0.15, 0.2) is 24.3 Å². The molecule has 0 saturated carbocycles. The molecule has 0 heterocycles. The Morgan fingerprint density at radius 2 is 1.90 bits per heavy atom. The van der Waals surface area contributed by atoms with Crippen molar-refractivity contribution in [3.63, 3.8) is 0 Å². The fraction of sp³-hybridized carbons (Fsp3) is 0.562. The minimum Gasteiger partial charge on any atom is -0.379 e. The van der Waals surface area contributed by atoms with Crippen molar-refractivity contribution in [3.8, 4) is 0 Å². The Balaban J connectivity index is 2.14. The van der Waals surface area contributed by atoms with E-state index in [1.165, 1.54) is 0 Å². The first-order valence-electron chi connectivity index (χ1n) is 7.36. The highest BCUT2D eigenvalue weighted by molar-refractivity contribution is 5.91. The molecule has 0 aliphatic carbocycles. The number of para-hydroxylation sites is 1. The van der Waals surface area contributed by atoms with Crippen LogP contribution in [-0.2, 0) is 20.8 Å². The van der Waals surface area contributed by atoms with Gasteiger partial charge in [-0.15, -0.1) is 0 Å². The number of nitrogens with two attached hydrogens (primary N) is 1. The van der Waals surface area contributed by atoms with Crippen LogP contribution in [-0.4, -0.2) is 32.3 Å². The third kappa shape index (κ3) is 7.80. The smallest absolute Gasteiger partial charge is 0.226 e. The van der Waals surface area contributed by atoms with Gasteiger partial charge in [-0.25, -0.2) is 0 Å². The van der Waals surface area contributed by atoms with Crippen LogP contribution in [0.4, 0.5) is 5.69 Å². The van der Waals surface area contributed by atoms with Gasteiger partial charge in [0.15, 0.2) is 0 Å². The first kappa shape index (κ1) is 17.6. The molecule has 1 aromatic rings. The molecule has 0 aromatic heterocycles. The maximum atomic E-state index is 11.8. The van der Waals surface area contributed by atoms with Crippen LogP contribution >= 0.6 is 0 Å². The second-order valence-electron chi connectivity index (χ2n) is 5.24. The molecule has 0 fully saturated rings. The van der Waals surface area contributed by atoms with Gasteiger partial charge < -0.3 is 20.5 Å². The molecule has 5 heteroatoms. The van der Waals surface area contributed by atoms with Crippen LogP contribution in [0.1, 0.15) is 25.8 Å². The number of amides is 1. The number of nitrogens with one attached hydrogen (secondary N) is 1. The highest BCUT2D eigenvalue weighted by Crippen LogP contribution is 2.14. The molecular weight excluding hydrogens is 268 g/mol. The minimum absolute atomic E-state index is 0.0704. The van der Waals surface area contributed by atoms with Crippen molar-refractivity contribution in [1.29, 1.82) is 0 Å². The lowest BCUT2D eigenvalue weighted by molar-refractivity contribution is -0.117. The topological polar surface area (TPSA) is 73.6 Å². The van der Waals surface area contributed by atoms with E-state index in [0.29, 0.717) is 38.7 Å². The van der Waals surface area contributed by atoms with Gasteiger partial charge in [-0.1, -0.05) is 32.0 Å². The molecule has 5 nitrogen and oxygen atoms in total. The maximum absolute atomic E-state index is 11.8. The van der Waals surface area contributed by atoms with Gasteiger partial charge in [0.05, 0.1) is 26.2 Å². The summed E-state index contributed by atoms with van der Waals surface area (Å²) >= 11 is 0. The van der Waals surface area contributed by atoms with Gasteiger partial charge in [0.1, 0.15) is 0 Å². The number of benzene rings is 1. The highest BCUT2D eigenvalue weighted by Gasteiger charge is 2.05. The van der Waals surface area contributed by atoms with Crippen molar-refractivity contribution in [2.45, 2.75) is 26.8 Å². The van der Waals surface area contributed by atoms with E-state index in [-0.39, 0.29) is 5.91 Å². The third-order valence-corrected chi connectivity index (χ3v) is 2.81. The maximum Gasteiger partial charge on any atom is 0.226 e. The zero-order valence-corrected chi connectivity index (χ0v) is 12.9. The molecule has 0 aliphatic heterocycles. The van der Waals surface area contributed by atoms with Crippen LogP contribution < -0.4 is 11.1 Å². The number of carbonyl (C=O) groups excluding carboxylic acids is 1. The Hall–Kier alpha value is -1.43. The Labute approximate surface area is 126 Å². The molecule has 21 heavy (non-hydrogen) atoms. The van der Waals surface area contributed by atoms with Crippen molar-refractivity contribution in [3.05, 3.63) is 29.8 Å². The molecule has 0 atom stereocenters. The van der Waals surface area contributed by atoms with Gasteiger partial charge >= 0.3 is 0 Å². The van der Waals surface area contributed by atoms with E-state index in [9.17, 15) is 4.79 Å². The number of hydrogen-bond donors (Lipinski definition) is 2. The Bertz CT molecular complexity index is 422. The van der Waals surface area contributed by atoms with E-state index in [0.717, 1.165) is 17.9 Å². The summed E-state index contributed by atoms with van der Waals surface area (Å²) in [6.45, 7) is 6.81. The van der Waals surface area contributed by atoms with Crippen LogP contribution in [0.2, 0.25) is 0 Å². The lowest BCUT2D eigenvalue weighted by atomic mass is 10.2. The van der Waals surface area contributed by atoms with Crippen molar-refractivity contribution in [2.75, 3.05) is 31.7 Å². The summed E-state index contributed by atoms with van der Waals surface area (Å²) < 4.78 is 10.8. The molecule has 118 valence electrons. The second-order valence-corrected chi connectivity index (χ2v) is 5.24. The third-order valence-electron chi connectivity index (χ3n) is 2.81. The number of hydrogen-bond acceptors (Lipinski definition) is 4. The minimum atomic E-state index is -0.0704. The first-order valence-corrected chi connectivity index (χ1v) is 7.36. The Morgan fingerprint density at radius 1 is 1.19 bits per heavy atom. The summed E-state index contributed by atoms with van der Waals surface area (Å²) in [5, 5.41) is 2.85. The standard InChI is InChI=1S/C16H26N2O3/c1-13(2)12-21-10-9-20-8-7-16(19)18-15-6-4-3-5-14(15)11-17/h3-6,13H,7-12,17H2,1-2H3,(H,18,19). The molecule has 0 aliphatic rings. The normalized spacial score (nSPS) is 10.9. The van der Waals surface area contributed by atoms with Gasteiger partial charge in [0.25, 0.3) is 0 Å². The van der Waals surface area contributed by atoms with Crippen LogP contribution in [0.5, 0.6) is 0 Å². The van der Waals surface area contributed by atoms with Crippen molar-refractivity contribution >= 4 is 11.6 Å². The number of anilines is 1. The zero-order valence-electron chi connectivity index (χ0n) is 12.9. The quantitative estimate of drug-likeness (QED) is 0.649. The summed E-state index contributed by atoms with van der Waals surface area (Å²) in [6.07, 6.45) is 0.323. The fourth-order valence-corrected chi connectivity index (χ4v) is 1.74. The summed E-state index contributed by atoms with van der Waals surface area (Å²) in [5.41, 5.74) is 7.32. The lowest BCUT2D eigenvalue weighted by Crippen LogP contribution is -2.17. The molecule has 0 saturated heterocycles. The molecule has 1 amide bonds. The van der Waals surface area contributed by atoms with Crippen molar-refractivity contribution in [1.82, 2.24) is 0 Å². The van der Waals surface area contributed by atoms with E-state index >= 15 is 0 Å². The number of carbonyl (C=O) groups is 1. The number of ether oxygens (including phenoxy) is 2. The van der Waals surface area contributed by atoms with E-state index in [4.69, 9.17) is 15.2 Å². The molecule has 3 N–H and O–H groups in total. The molecule has 0 bridgehead atoms. The molecule has 0 unspecified atom stereocenters. The molecule has 0 spiro atoms. The monoisotopic (exact) mass is 294 g/mol. The second kappa shape index (κ2) is 10.3. The fourth-order valence-electron chi connectivity index (χ4n) is 1.74. The largest absolute Gasteiger partial charge is 0.379 e. The average Bonchev–Trinajstić information content (AvgIpc) is 2.46. The van der Waals surface area contributed by atoms with E-state index in [1.807, 2.05) is 24.3 Å². The number of rotatable bonds is 10. The van der Waals surface area contributed by atoms with Crippen molar-refractivity contribution in [2.24, 2.45) is 11.7 Å². The predicted octanol–water partition coefficient (Wildman–Crippen LogP) is 2.16. The van der Waals surface area contributed by atoms with E-state index in [2.05, 4.69) is 19.2 Å². The average molecular weight is 294 g/mol. The first-order chi connectivity index (χ1) is 10.1. The molecular formula is C16H26N2O3. The van der Waals surface area contributed by atoms with Gasteiger partial charge in [-0.05, 0) is 17.5 Å². The Kier molecular flexibility index (Phi) is 8.66. The van der Waals surface area contributed by atoms with Gasteiger partial charge in [-0.2, -0.15) is 0 Å². The summed E-state index contributed by atoms with van der Waals surface area (Å²) in [7, 11) is 0. The molecule has 1 rings (SSSR count). The SMILES string of the molecule is CC(C)COCCOCCC(=O)Nc1ccccc1CN. The predicted molar refractivity (Wildman–Crippen MR) is 84.1 cm³/mol. The van der Waals surface area contributed by atoms with Crippen molar-refractivity contribution < 1.29 is 14.3 Å². The Morgan fingerprint density at radius 3 is 2.62 bits per heavy atom. The summed E-state index contributed by atoms with van der Waals surface area (Å²) in [4.78, 5) is 11.8. The highest BCUT2D eigenvalue weighted by atomic mass is 16.5. The van der Waals surface area contributed by atoms with Crippen LogP contribution in [0, 0.1) is 5.92 Å². The van der Waals surface area contributed by atoms with Gasteiger partial charge in [-0.3, -0.25) is 4.79 Å². The van der Waals surface area contributed by atoms with Crippen LogP contribution in [0.3, 0.4) is 0 Å². The van der Waals surface area contributed by atoms with E-state index in [1.54, 1.807) is 0 Å². The van der Waals surface area contributed by atoms with E-state index < -0.39 is 0 Å². The summed E-state index contributed by atoms with van der Waals surface area (Å²) in [6, 6.07) is 7.52. The van der Waals surface area contributed by atoms with Crippen LogP contribution in [0.25, 0.3) is 0 Å². The lowest BCUT2D eigenvalue weighted by Gasteiger charge is -2.10.